The molecular weight excluding hydrogens is 416 g/mol. The highest BCUT2D eigenvalue weighted by molar-refractivity contribution is 7.98. The number of carbonyl (C=O) groups excluding carboxylic acids is 3. The number of ether oxygens (including phenoxy) is 1. The zero-order valence-electron chi connectivity index (χ0n) is 17.9. The molecule has 7 nitrogen and oxygen atoms in total. The van der Waals surface area contributed by atoms with Crippen molar-refractivity contribution >= 4 is 29.4 Å². The van der Waals surface area contributed by atoms with Gasteiger partial charge in [0.25, 0.3) is 11.5 Å². The van der Waals surface area contributed by atoms with Crippen molar-refractivity contribution in [3.05, 3.63) is 63.1 Å². The maximum absolute atomic E-state index is 13.4. The van der Waals surface area contributed by atoms with Crippen molar-refractivity contribution in [1.29, 1.82) is 0 Å². The number of nitrogens with one attached hydrogen (secondary N) is 1. The highest BCUT2D eigenvalue weighted by Gasteiger charge is 2.28. The Bertz CT molecular complexity index is 1060. The summed E-state index contributed by atoms with van der Waals surface area (Å²) in [5, 5.41) is 2.62. The maximum Gasteiger partial charge on any atom is 0.328 e. The van der Waals surface area contributed by atoms with Crippen LogP contribution in [0.1, 0.15) is 51.2 Å². The van der Waals surface area contributed by atoms with Crippen molar-refractivity contribution in [3.8, 4) is 5.69 Å². The second-order valence-corrected chi connectivity index (χ2v) is 8.49. The van der Waals surface area contributed by atoms with Crippen molar-refractivity contribution in [2.24, 2.45) is 0 Å². The summed E-state index contributed by atoms with van der Waals surface area (Å²) in [7, 11) is 1.25. The third kappa shape index (κ3) is 4.90. The van der Waals surface area contributed by atoms with E-state index in [1.54, 1.807) is 12.1 Å². The molecule has 0 saturated carbocycles. The second-order valence-electron chi connectivity index (χ2n) is 7.50. The van der Waals surface area contributed by atoms with E-state index in [4.69, 9.17) is 4.74 Å². The number of rotatable bonds is 7. The summed E-state index contributed by atoms with van der Waals surface area (Å²) in [6.07, 6.45) is 3.87. The van der Waals surface area contributed by atoms with Gasteiger partial charge in [-0.3, -0.25) is 19.0 Å². The molecule has 0 aliphatic heterocycles. The maximum atomic E-state index is 13.4. The molecule has 0 spiro atoms. The number of Topliss-reactive ketones (excluding diaryl/α,β-unsaturated/α-hetero) is 1. The quantitative estimate of drug-likeness (QED) is 0.663. The molecule has 1 aromatic carbocycles. The Kier molecular flexibility index (Phi) is 7.33. The minimum atomic E-state index is -0.871. The first-order chi connectivity index (χ1) is 14.9. The molecule has 8 heteroatoms. The van der Waals surface area contributed by atoms with E-state index in [-0.39, 0.29) is 11.3 Å². The van der Waals surface area contributed by atoms with Gasteiger partial charge in [-0.05, 0) is 56.4 Å². The summed E-state index contributed by atoms with van der Waals surface area (Å²) in [4.78, 5) is 51.1. The molecule has 0 unspecified atom stereocenters. The third-order valence-electron chi connectivity index (χ3n) is 5.36. The number of carbonyl (C=O) groups is 3. The van der Waals surface area contributed by atoms with Gasteiger partial charge in [0.05, 0.1) is 7.11 Å². The zero-order chi connectivity index (χ0) is 22.5. The lowest BCUT2D eigenvalue weighted by Gasteiger charge is -2.22. The predicted molar refractivity (Wildman–Crippen MR) is 120 cm³/mol. The normalized spacial score (nSPS) is 14.0. The Balaban J connectivity index is 2.09. The lowest BCUT2D eigenvalue weighted by atomic mass is 9.92. The lowest BCUT2D eigenvalue weighted by Crippen LogP contribution is -2.44. The van der Waals surface area contributed by atoms with Crippen LogP contribution in [0, 0.1) is 6.92 Å². The van der Waals surface area contributed by atoms with E-state index in [0.29, 0.717) is 48.4 Å². The number of methoxy groups -OCH3 is 1. The molecule has 2 aromatic rings. The van der Waals surface area contributed by atoms with Crippen LogP contribution in [0.4, 0.5) is 0 Å². The van der Waals surface area contributed by atoms with Crippen LogP contribution in [0.15, 0.2) is 35.1 Å². The molecule has 1 N–H and O–H groups in total. The predicted octanol–water partition coefficient (Wildman–Crippen LogP) is 2.69. The average molecular weight is 443 g/mol. The van der Waals surface area contributed by atoms with E-state index in [9.17, 15) is 19.2 Å². The SMILES string of the molecule is COC(=O)[C@H](CCSC)NC(=O)c1cc2c(n(-c3ccc(C)cc3)c1=O)CCCC2=O. The molecule has 1 amide bonds. The van der Waals surface area contributed by atoms with E-state index in [1.165, 1.54) is 29.5 Å². The first kappa shape index (κ1) is 22.8. The summed E-state index contributed by atoms with van der Waals surface area (Å²) in [5.74, 6) is -0.724. The summed E-state index contributed by atoms with van der Waals surface area (Å²) >= 11 is 1.53. The van der Waals surface area contributed by atoms with Gasteiger partial charge in [-0.15, -0.1) is 0 Å². The first-order valence-electron chi connectivity index (χ1n) is 10.1. The number of benzene rings is 1. The van der Waals surface area contributed by atoms with Crippen LogP contribution >= 0.6 is 11.8 Å². The molecule has 0 fully saturated rings. The van der Waals surface area contributed by atoms with Gasteiger partial charge in [-0.1, -0.05) is 17.7 Å². The molecule has 0 saturated heterocycles. The molecule has 1 heterocycles. The van der Waals surface area contributed by atoms with Crippen molar-refractivity contribution in [3.63, 3.8) is 0 Å². The molecule has 1 aliphatic rings. The van der Waals surface area contributed by atoms with Gasteiger partial charge in [-0.25, -0.2) is 4.79 Å². The van der Waals surface area contributed by atoms with E-state index in [0.717, 1.165) is 5.56 Å². The molecule has 3 rings (SSSR count). The van der Waals surface area contributed by atoms with E-state index < -0.39 is 23.5 Å². The van der Waals surface area contributed by atoms with E-state index in [1.807, 2.05) is 25.3 Å². The van der Waals surface area contributed by atoms with Crippen LogP contribution < -0.4 is 10.9 Å². The molecule has 0 radical (unpaired) electrons. The monoisotopic (exact) mass is 442 g/mol. The van der Waals surface area contributed by atoms with Crippen LogP contribution in [-0.2, 0) is 16.0 Å². The van der Waals surface area contributed by atoms with Crippen molar-refractivity contribution in [2.45, 2.75) is 38.6 Å². The largest absolute Gasteiger partial charge is 0.467 e. The van der Waals surface area contributed by atoms with Gasteiger partial charge in [0.2, 0.25) is 0 Å². The smallest absolute Gasteiger partial charge is 0.328 e. The number of pyridine rings is 1. The highest BCUT2D eigenvalue weighted by Crippen LogP contribution is 2.24. The lowest BCUT2D eigenvalue weighted by molar-refractivity contribution is -0.142. The van der Waals surface area contributed by atoms with Crippen LogP contribution in [0.2, 0.25) is 0 Å². The van der Waals surface area contributed by atoms with Crippen LogP contribution in [-0.4, -0.2) is 47.4 Å². The van der Waals surface area contributed by atoms with Crippen LogP contribution in [0.3, 0.4) is 0 Å². The number of aromatic nitrogens is 1. The Morgan fingerprint density at radius 3 is 2.55 bits per heavy atom. The first-order valence-corrected chi connectivity index (χ1v) is 11.5. The van der Waals surface area contributed by atoms with E-state index >= 15 is 0 Å². The fourth-order valence-corrected chi connectivity index (χ4v) is 4.16. The number of hydrogen-bond acceptors (Lipinski definition) is 6. The second kappa shape index (κ2) is 9.96. The Morgan fingerprint density at radius 2 is 1.90 bits per heavy atom. The molecule has 1 aliphatic carbocycles. The molecule has 164 valence electrons. The van der Waals surface area contributed by atoms with Gasteiger partial charge < -0.3 is 10.1 Å². The third-order valence-corrected chi connectivity index (χ3v) is 6.00. The number of hydrogen-bond donors (Lipinski definition) is 1. The molecule has 1 aromatic heterocycles. The van der Waals surface area contributed by atoms with Gasteiger partial charge in [-0.2, -0.15) is 11.8 Å². The topological polar surface area (TPSA) is 94.5 Å². The molecule has 31 heavy (non-hydrogen) atoms. The summed E-state index contributed by atoms with van der Waals surface area (Å²) < 4.78 is 6.24. The number of thioether (sulfide) groups is 1. The Hall–Kier alpha value is -2.87. The zero-order valence-corrected chi connectivity index (χ0v) is 18.7. The number of nitrogens with zero attached hydrogens (tertiary/aromatic N) is 1. The molecule has 0 bridgehead atoms. The highest BCUT2D eigenvalue weighted by atomic mass is 32.2. The Labute approximate surface area is 185 Å². The van der Waals surface area contributed by atoms with Gasteiger partial charge >= 0.3 is 5.97 Å². The van der Waals surface area contributed by atoms with Crippen molar-refractivity contribution < 1.29 is 19.1 Å². The summed E-state index contributed by atoms with van der Waals surface area (Å²) in [6.45, 7) is 1.94. The summed E-state index contributed by atoms with van der Waals surface area (Å²) in [5.41, 5.74) is 1.97. The number of ketones is 1. The molecule has 1 atom stereocenters. The standard InChI is InChI=1S/C23H26N2O5S/c1-14-7-9-15(10-8-14)25-19-5-4-6-20(26)16(19)13-17(22(25)28)21(27)24-18(11-12-31-3)23(29)30-2/h7-10,13,18H,4-6,11-12H2,1-3H3,(H,24,27)/t18-/m0/s1. The van der Waals surface area contributed by atoms with Crippen LogP contribution in [0.25, 0.3) is 5.69 Å². The minimum Gasteiger partial charge on any atom is -0.467 e. The number of amides is 1. The fourth-order valence-electron chi connectivity index (χ4n) is 3.68. The van der Waals surface area contributed by atoms with Crippen molar-refractivity contribution in [2.75, 3.05) is 19.1 Å². The van der Waals surface area contributed by atoms with Crippen molar-refractivity contribution in [1.82, 2.24) is 9.88 Å². The van der Waals surface area contributed by atoms with Gasteiger partial charge in [0.1, 0.15) is 11.6 Å². The van der Waals surface area contributed by atoms with Gasteiger partial charge in [0, 0.05) is 23.4 Å². The summed E-state index contributed by atoms with van der Waals surface area (Å²) in [6, 6.07) is 7.86. The number of aryl methyl sites for hydroxylation is 1. The number of esters is 1. The molecular formula is C23H26N2O5S. The Morgan fingerprint density at radius 1 is 1.19 bits per heavy atom. The number of fused-ring (bicyclic) bond motifs is 1. The average Bonchev–Trinajstić information content (AvgIpc) is 2.76. The van der Waals surface area contributed by atoms with Gasteiger partial charge in [0.15, 0.2) is 5.78 Å². The minimum absolute atomic E-state index is 0.0944. The fraction of sp³-hybridized carbons (Fsp3) is 0.391. The van der Waals surface area contributed by atoms with E-state index in [2.05, 4.69) is 5.32 Å². The van der Waals surface area contributed by atoms with Crippen LogP contribution in [0.5, 0.6) is 0 Å².